The second-order valence-electron chi connectivity index (χ2n) is 4.64. The third-order valence-electron chi connectivity index (χ3n) is 3.22. The summed E-state index contributed by atoms with van der Waals surface area (Å²) >= 11 is 5.75. The minimum absolute atomic E-state index is 0.0535. The zero-order valence-electron chi connectivity index (χ0n) is 11.6. The van der Waals surface area contributed by atoms with E-state index < -0.39 is 5.82 Å². The first kappa shape index (κ1) is 15.8. The van der Waals surface area contributed by atoms with Crippen LogP contribution in [0.2, 0.25) is 5.02 Å². The Hall–Kier alpha value is -1.62. The van der Waals surface area contributed by atoms with Gasteiger partial charge in [-0.1, -0.05) is 29.8 Å². The van der Waals surface area contributed by atoms with Gasteiger partial charge in [0.1, 0.15) is 11.6 Å². The number of hydrogen-bond acceptors (Lipinski definition) is 3. The highest BCUT2D eigenvalue weighted by molar-refractivity contribution is 6.30. The number of methoxy groups -OCH3 is 1. The third-order valence-corrected chi connectivity index (χ3v) is 3.50. The summed E-state index contributed by atoms with van der Waals surface area (Å²) in [6.45, 7) is 0.421. The zero-order chi connectivity index (χ0) is 15.2. The van der Waals surface area contributed by atoms with Crippen molar-refractivity contribution in [2.45, 2.75) is 12.6 Å². The smallest absolute Gasteiger partial charge is 0.141 e. The average Bonchev–Trinajstić information content (AvgIpc) is 2.51. The van der Waals surface area contributed by atoms with E-state index in [1.165, 1.54) is 6.07 Å². The lowest BCUT2D eigenvalue weighted by Crippen LogP contribution is -2.24. The number of rotatable bonds is 6. The van der Waals surface area contributed by atoms with Gasteiger partial charge >= 0.3 is 0 Å². The Balaban J connectivity index is 2.06. The number of benzene rings is 2. The van der Waals surface area contributed by atoms with Crippen molar-refractivity contribution < 1.29 is 14.2 Å². The Morgan fingerprint density at radius 1 is 1.29 bits per heavy atom. The predicted molar refractivity (Wildman–Crippen MR) is 81.1 cm³/mol. The number of aliphatic hydroxyl groups is 1. The van der Waals surface area contributed by atoms with Gasteiger partial charge in [-0.25, -0.2) is 4.39 Å². The summed E-state index contributed by atoms with van der Waals surface area (Å²) in [5.74, 6) is 0.296. The third kappa shape index (κ3) is 4.17. The fourth-order valence-corrected chi connectivity index (χ4v) is 2.24. The van der Waals surface area contributed by atoms with Gasteiger partial charge in [-0.15, -0.1) is 0 Å². The van der Waals surface area contributed by atoms with Crippen molar-refractivity contribution in [2.75, 3.05) is 13.7 Å². The first-order valence-corrected chi connectivity index (χ1v) is 6.94. The Labute approximate surface area is 128 Å². The van der Waals surface area contributed by atoms with Crippen LogP contribution in [-0.2, 0) is 6.54 Å². The van der Waals surface area contributed by atoms with Gasteiger partial charge in [-0.2, -0.15) is 0 Å². The molecule has 0 fully saturated rings. The Morgan fingerprint density at radius 2 is 2.10 bits per heavy atom. The van der Waals surface area contributed by atoms with Crippen molar-refractivity contribution in [3.63, 3.8) is 0 Å². The molecule has 3 nitrogen and oxygen atoms in total. The number of aliphatic hydroxyl groups excluding tert-OH is 1. The normalized spacial score (nSPS) is 12.2. The second kappa shape index (κ2) is 7.41. The van der Waals surface area contributed by atoms with Crippen LogP contribution in [0.25, 0.3) is 0 Å². The molecule has 0 amide bonds. The van der Waals surface area contributed by atoms with Gasteiger partial charge in [-0.3, -0.25) is 0 Å². The largest absolute Gasteiger partial charge is 0.497 e. The molecular weight excluding hydrogens is 293 g/mol. The van der Waals surface area contributed by atoms with Crippen LogP contribution in [0.3, 0.4) is 0 Å². The van der Waals surface area contributed by atoms with Gasteiger partial charge in [0.05, 0.1) is 24.8 Å². The van der Waals surface area contributed by atoms with Crippen LogP contribution in [0.4, 0.5) is 4.39 Å². The lowest BCUT2D eigenvalue weighted by Gasteiger charge is -2.17. The summed E-state index contributed by atoms with van der Waals surface area (Å²) in [6, 6.07) is 11.8. The van der Waals surface area contributed by atoms with Gasteiger partial charge < -0.3 is 15.2 Å². The average molecular weight is 310 g/mol. The van der Waals surface area contributed by atoms with Crippen LogP contribution in [0.1, 0.15) is 17.2 Å². The van der Waals surface area contributed by atoms with E-state index in [4.69, 9.17) is 16.3 Å². The minimum atomic E-state index is -0.438. The summed E-state index contributed by atoms with van der Waals surface area (Å²) in [5.41, 5.74) is 1.77. The summed E-state index contributed by atoms with van der Waals surface area (Å²) in [7, 11) is 1.60. The van der Waals surface area contributed by atoms with Crippen LogP contribution in [0, 0.1) is 5.82 Å². The molecule has 0 bridgehead atoms. The Bertz CT molecular complexity index is 607. The molecule has 1 atom stereocenters. The quantitative estimate of drug-likeness (QED) is 0.860. The molecule has 0 spiro atoms. The Kier molecular flexibility index (Phi) is 5.56. The summed E-state index contributed by atoms with van der Waals surface area (Å²) in [5, 5.41) is 12.8. The fourth-order valence-electron chi connectivity index (χ4n) is 2.04. The molecule has 0 aliphatic heterocycles. The molecule has 112 valence electrons. The highest BCUT2D eigenvalue weighted by atomic mass is 35.5. The Morgan fingerprint density at radius 3 is 2.76 bits per heavy atom. The lowest BCUT2D eigenvalue weighted by molar-refractivity contribution is 0.243. The maximum Gasteiger partial charge on any atom is 0.141 e. The molecule has 2 N–H and O–H groups in total. The molecule has 5 heteroatoms. The van der Waals surface area contributed by atoms with Crippen molar-refractivity contribution in [3.05, 3.63) is 64.4 Å². The van der Waals surface area contributed by atoms with E-state index >= 15 is 0 Å². The standard InChI is InChI=1S/C16H17ClFNO2/c1-21-13-4-2-3-12(8-13)16(10-20)19-9-11-5-6-15(18)14(17)7-11/h2-8,16,19-20H,9-10H2,1H3. The van der Waals surface area contributed by atoms with Crippen LogP contribution < -0.4 is 10.1 Å². The molecule has 2 rings (SSSR count). The molecule has 0 saturated carbocycles. The van der Waals surface area contributed by atoms with Crippen LogP contribution in [0.15, 0.2) is 42.5 Å². The van der Waals surface area contributed by atoms with Crippen LogP contribution in [-0.4, -0.2) is 18.8 Å². The van der Waals surface area contributed by atoms with Crippen molar-refractivity contribution in [1.29, 1.82) is 0 Å². The number of hydrogen-bond donors (Lipinski definition) is 2. The van der Waals surface area contributed by atoms with Crippen molar-refractivity contribution in [1.82, 2.24) is 5.32 Å². The van der Waals surface area contributed by atoms with Crippen LogP contribution in [0.5, 0.6) is 5.75 Å². The minimum Gasteiger partial charge on any atom is -0.497 e. The lowest BCUT2D eigenvalue weighted by atomic mass is 10.1. The van der Waals surface area contributed by atoms with Crippen molar-refractivity contribution in [3.8, 4) is 5.75 Å². The predicted octanol–water partition coefficient (Wildman–Crippen LogP) is 3.31. The SMILES string of the molecule is COc1cccc(C(CO)NCc2ccc(F)c(Cl)c2)c1. The molecule has 21 heavy (non-hydrogen) atoms. The van der Waals surface area contributed by atoms with Gasteiger partial charge in [0, 0.05) is 6.54 Å². The first-order chi connectivity index (χ1) is 10.1. The number of ether oxygens (including phenoxy) is 1. The van der Waals surface area contributed by atoms with Crippen molar-refractivity contribution in [2.24, 2.45) is 0 Å². The molecule has 0 heterocycles. The summed E-state index contributed by atoms with van der Waals surface area (Å²) in [4.78, 5) is 0. The molecule has 0 saturated heterocycles. The highest BCUT2D eigenvalue weighted by Crippen LogP contribution is 2.20. The number of nitrogens with one attached hydrogen (secondary N) is 1. The van der Waals surface area contributed by atoms with Gasteiger partial charge in [0.15, 0.2) is 0 Å². The topological polar surface area (TPSA) is 41.5 Å². The molecule has 2 aromatic carbocycles. The maximum atomic E-state index is 13.1. The molecule has 1 unspecified atom stereocenters. The van der Waals surface area contributed by atoms with E-state index in [9.17, 15) is 9.50 Å². The number of halogens is 2. The zero-order valence-corrected chi connectivity index (χ0v) is 12.4. The van der Waals surface area contributed by atoms with E-state index in [1.807, 2.05) is 24.3 Å². The summed E-state index contributed by atoms with van der Waals surface area (Å²) < 4.78 is 18.3. The molecular formula is C16H17ClFNO2. The van der Waals surface area contributed by atoms with E-state index in [-0.39, 0.29) is 17.7 Å². The summed E-state index contributed by atoms with van der Waals surface area (Å²) in [6.07, 6.45) is 0. The second-order valence-corrected chi connectivity index (χ2v) is 5.05. The van der Waals surface area contributed by atoms with E-state index in [0.29, 0.717) is 6.54 Å². The first-order valence-electron chi connectivity index (χ1n) is 6.56. The van der Waals surface area contributed by atoms with E-state index in [0.717, 1.165) is 16.9 Å². The van der Waals surface area contributed by atoms with Crippen LogP contribution >= 0.6 is 11.6 Å². The van der Waals surface area contributed by atoms with Gasteiger partial charge in [-0.05, 0) is 35.4 Å². The van der Waals surface area contributed by atoms with E-state index in [1.54, 1.807) is 19.2 Å². The molecule has 0 radical (unpaired) electrons. The van der Waals surface area contributed by atoms with Gasteiger partial charge in [0.2, 0.25) is 0 Å². The monoisotopic (exact) mass is 309 g/mol. The molecule has 0 aromatic heterocycles. The fraction of sp³-hybridized carbons (Fsp3) is 0.250. The molecule has 0 aliphatic rings. The molecule has 2 aromatic rings. The highest BCUT2D eigenvalue weighted by Gasteiger charge is 2.11. The van der Waals surface area contributed by atoms with E-state index in [2.05, 4.69) is 5.32 Å². The molecule has 0 aliphatic carbocycles. The van der Waals surface area contributed by atoms with Crippen molar-refractivity contribution >= 4 is 11.6 Å². The maximum absolute atomic E-state index is 13.1. The van der Waals surface area contributed by atoms with Gasteiger partial charge in [0.25, 0.3) is 0 Å².